The van der Waals surface area contributed by atoms with E-state index in [9.17, 15) is 9.59 Å². The number of carbonyl (C=O) groups is 1. The highest BCUT2D eigenvalue weighted by Crippen LogP contribution is 2.14. The van der Waals surface area contributed by atoms with Crippen molar-refractivity contribution >= 4 is 22.5 Å². The smallest absolute Gasteiger partial charge is 0.262 e. The Kier molecular flexibility index (Phi) is 3.37. The van der Waals surface area contributed by atoms with Crippen LogP contribution in [-0.2, 0) is 11.3 Å². The molecule has 118 valence electrons. The number of amides is 1. The molecule has 4 rings (SSSR count). The molecule has 1 aromatic carbocycles. The van der Waals surface area contributed by atoms with Crippen molar-refractivity contribution in [1.29, 1.82) is 0 Å². The van der Waals surface area contributed by atoms with Crippen molar-refractivity contribution in [2.24, 2.45) is 0 Å². The molecule has 3 heterocycles. The van der Waals surface area contributed by atoms with E-state index in [1.807, 2.05) is 27.5 Å². The van der Waals surface area contributed by atoms with Crippen molar-refractivity contribution in [2.45, 2.75) is 25.8 Å². The van der Waals surface area contributed by atoms with E-state index in [1.54, 1.807) is 18.6 Å². The van der Waals surface area contributed by atoms with Crippen LogP contribution in [0.15, 0.2) is 41.6 Å². The molecule has 0 saturated carbocycles. The summed E-state index contributed by atoms with van der Waals surface area (Å²) in [4.78, 5) is 31.4. The van der Waals surface area contributed by atoms with E-state index in [0.717, 1.165) is 31.4 Å². The molecule has 3 aromatic rings. The monoisotopic (exact) mass is 310 g/mol. The van der Waals surface area contributed by atoms with E-state index in [2.05, 4.69) is 4.98 Å². The van der Waals surface area contributed by atoms with Gasteiger partial charge in [0.15, 0.2) is 0 Å². The van der Waals surface area contributed by atoms with Crippen LogP contribution in [0.5, 0.6) is 0 Å². The summed E-state index contributed by atoms with van der Waals surface area (Å²) in [7, 11) is 0. The van der Waals surface area contributed by atoms with E-state index in [4.69, 9.17) is 0 Å². The zero-order chi connectivity index (χ0) is 15.8. The van der Waals surface area contributed by atoms with Crippen LogP contribution in [0.25, 0.3) is 16.6 Å². The molecule has 1 amide bonds. The number of fused-ring (bicyclic) bond motifs is 3. The molecule has 23 heavy (non-hydrogen) atoms. The maximum absolute atomic E-state index is 12.8. The number of imidazole rings is 1. The molecule has 0 N–H and O–H groups in total. The summed E-state index contributed by atoms with van der Waals surface area (Å²) in [6.07, 6.45) is 6.57. The van der Waals surface area contributed by atoms with Crippen LogP contribution < -0.4 is 5.56 Å². The number of rotatable bonds is 2. The van der Waals surface area contributed by atoms with Gasteiger partial charge in [0.05, 0.1) is 17.1 Å². The maximum Gasteiger partial charge on any atom is 0.262 e. The first-order chi connectivity index (χ1) is 11.3. The third kappa shape index (κ3) is 2.30. The van der Waals surface area contributed by atoms with Crippen LogP contribution in [0, 0.1) is 0 Å². The van der Waals surface area contributed by atoms with E-state index in [0.29, 0.717) is 11.0 Å². The zero-order valence-corrected chi connectivity index (χ0v) is 12.8. The maximum atomic E-state index is 12.8. The second-order valence-corrected chi connectivity index (χ2v) is 5.97. The number of piperidine rings is 1. The fourth-order valence-electron chi connectivity index (χ4n) is 3.32. The van der Waals surface area contributed by atoms with Crippen LogP contribution in [0.4, 0.5) is 0 Å². The highest BCUT2D eigenvalue weighted by molar-refractivity contribution is 5.82. The summed E-state index contributed by atoms with van der Waals surface area (Å²) in [5.41, 5.74) is 1.32. The number of benzene rings is 1. The second-order valence-electron chi connectivity index (χ2n) is 5.97. The van der Waals surface area contributed by atoms with E-state index in [-0.39, 0.29) is 18.0 Å². The van der Waals surface area contributed by atoms with Gasteiger partial charge in [0.2, 0.25) is 5.91 Å². The highest BCUT2D eigenvalue weighted by atomic mass is 16.2. The quantitative estimate of drug-likeness (QED) is 0.723. The normalized spacial score (nSPS) is 15.4. The first-order valence-electron chi connectivity index (χ1n) is 7.97. The van der Waals surface area contributed by atoms with Gasteiger partial charge in [-0.05, 0) is 31.4 Å². The molecule has 0 radical (unpaired) electrons. The Balaban J connectivity index is 1.82. The number of hydrogen-bond acceptors (Lipinski definition) is 3. The summed E-state index contributed by atoms with van der Waals surface area (Å²) >= 11 is 0. The van der Waals surface area contributed by atoms with Gasteiger partial charge in [0, 0.05) is 13.1 Å². The van der Waals surface area contributed by atoms with Crippen molar-refractivity contribution in [3.05, 3.63) is 47.1 Å². The van der Waals surface area contributed by atoms with Gasteiger partial charge in [-0.25, -0.2) is 4.98 Å². The van der Waals surface area contributed by atoms with Crippen LogP contribution in [0.2, 0.25) is 0 Å². The molecule has 1 saturated heterocycles. The van der Waals surface area contributed by atoms with Crippen molar-refractivity contribution in [2.75, 3.05) is 13.1 Å². The van der Waals surface area contributed by atoms with Gasteiger partial charge in [-0.1, -0.05) is 12.1 Å². The van der Waals surface area contributed by atoms with Crippen molar-refractivity contribution in [3.63, 3.8) is 0 Å². The average molecular weight is 310 g/mol. The van der Waals surface area contributed by atoms with Gasteiger partial charge in [-0.2, -0.15) is 0 Å². The first-order valence-corrected chi connectivity index (χ1v) is 7.97. The average Bonchev–Trinajstić information content (AvgIpc) is 3.09. The molecule has 2 aromatic heterocycles. The number of para-hydroxylation sites is 1. The molecular formula is C17H18N4O2. The lowest BCUT2D eigenvalue weighted by Crippen LogP contribution is -2.39. The minimum atomic E-state index is -0.140. The Morgan fingerprint density at radius 1 is 1.13 bits per heavy atom. The predicted octanol–water partition coefficient (Wildman–Crippen LogP) is 1.66. The third-order valence-corrected chi connectivity index (χ3v) is 4.54. The highest BCUT2D eigenvalue weighted by Gasteiger charge is 2.19. The Morgan fingerprint density at radius 3 is 2.74 bits per heavy atom. The Bertz CT molecular complexity index is 935. The van der Waals surface area contributed by atoms with Crippen LogP contribution in [-0.4, -0.2) is 37.8 Å². The summed E-state index contributed by atoms with van der Waals surface area (Å²) < 4.78 is 3.40. The van der Waals surface area contributed by atoms with Gasteiger partial charge >= 0.3 is 0 Å². The third-order valence-electron chi connectivity index (χ3n) is 4.54. The molecule has 0 bridgehead atoms. The van der Waals surface area contributed by atoms with Crippen molar-refractivity contribution in [3.8, 4) is 0 Å². The standard InChI is InChI=1S/C17H18N4O2/c22-16(19-8-4-1-5-9-19)11-20-15-10-18-12-21(15)14-7-3-2-6-13(14)17(20)23/h2-3,6-7,10,12H,1,4-5,8-9,11H2. The topological polar surface area (TPSA) is 59.6 Å². The van der Waals surface area contributed by atoms with Gasteiger partial charge < -0.3 is 4.90 Å². The molecule has 1 aliphatic heterocycles. The van der Waals surface area contributed by atoms with E-state index in [1.165, 1.54) is 11.0 Å². The molecule has 6 heteroatoms. The Labute approximate surface area is 133 Å². The summed E-state index contributed by atoms with van der Waals surface area (Å²) in [6, 6.07) is 7.41. The van der Waals surface area contributed by atoms with Gasteiger partial charge in [0.25, 0.3) is 5.56 Å². The van der Waals surface area contributed by atoms with Crippen LogP contribution in [0.3, 0.4) is 0 Å². The minimum absolute atomic E-state index is 0.00480. The fourth-order valence-corrected chi connectivity index (χ4v) is 3.32. The molecule has 0 unspecified atom stereocenters. The molecule has 0 spiro atoms. The van der Waals surface area contributed by atoms with Crippen LogP contribution >= 0.6 is 0 Å². The molecule has 1 fully saturated rings. The molecular weight excluding hydrogens is 292 g/mol. The second kappa shape index (κ2) is 5.53. The fraction of sp³-hybridized carbons (Fsp3) is 0.353. The lowest BCUT2D eigenvalue weighted by Gasteiger charge is -2.27. The SMILES string of the molecule is O=C(Cn1c(=O)c2ccccc2n2cncc12)N1CCCCC1. The van der Waals surface area contributed by atoms with Gasteiger partial charge in [-0.3, -0.25) is 18.6 Å². The number of hydrogen-bond donors (Lipinski definition) is 0. The molecule has 6 nitrogen and oxygen atoms in total. The lowest BCUT2D eigenvalue weighted by molar-refractivity contribution is -0.132. The minimum Gasteiger partial charge on any atom is -0.341 e. The molecule has 0 aliphatic carbocycles. The summed E-state index contributed by atoms with van der Waals surface area (Å²) in [6.45, 7) is 1.65. The predicted molar refractivity (Wildman–Crippen MR) is 87.4 cm³/mol. The zero-order valence-electron chi connectivity index (χ0n) is 12.8. The van der Waals surface area contributed by atoms with E-state index >= 15 is 0 Å². The van der Waals surface area contributed by atoms with Gasteiger partial charge in [0.1, 0.15) is 18.5 Å². The summed E-state index contributed by atoms with van der Waals surface area (Å²) in [5, 5.41) is 0.601. The van der Waals surface area contributed by atoms with Gasteiger partial charge in [-0.15, -0.1) is 0 Å². The molecule has 1 aliphatic rings. The number of aromatic nitrogens is 3. The lowest BCUT2D eigenvalue weighted by atomic mass is 10.1. The van der Waals surface area contributed by atoms with Crippen LogP contribution in [0.1, 0.15) is 19.3 Å². The molecule has 0 atom stereocenters. The van der Waals surface area contributed by atoms with Crippen molar-refractivity contribution in [1.82, 2.24) is 18.9 Å². The Hall–Kier alpha value is -2.63. The number of likely N-dealkylation sites (tertiary alicyclic amines) is 1. The van der Waals surface area contributed by atoms with Crippen molar-refractivity contribution < 1.29 is 4.79 Å². The van der Waals surface area contributed by atoms with E-state index < -0.39 is 0 Å². The summed E-state index contributed by atoms with van der Waals surface area (Å²) in [5.74, 6) is 0.00480. The number of carbonyl (C=O) groups excluding carboxylic acids is 1. The first kappa shape index (κ1) is 14.0. The Morgan fingerprint density at radius 2 is 1.91 bits per heavy atom. The number of nitrogens with zero attached hydrogens (tertiary/aromatic N) is 4. The largest absolute Gasteiger partial charge is 0.341 e.